The number of nitrogens with zero attached hydrogens (tertiary/aromatic N) is 2. The monoisotopic (exact) mass is 289 g/mol. The van der Waals surface area contributed by atoms with Crippen molar-refractivity contribution in [2.45, 2.75) is 25.7 Å². The van der Waals surface area contributed by atoms with E-state index < -0.39 is 0 Å². The Balaban J connectivity index is 1.66. The maximum atomic E-state index is 4.79. The fourth-order valence-electron chi connectivity index (χ4n) is 3.04. The lowest BCUT2D eigenvalue weighted by Crippen LogP contribution is -2.30. The molecule has 1 spiro atoms. The Bertz CT molecular complexity index is 504. The van der Waals surface area contributed by atoms with Crippen LogP contribution < -0.4 is 10.2 Å². The van der Waals surface area contributed by atoms with E-state index >= 15 is 0 Å². The van der Waals surface area contributed by atoms with Gasteiger partial charge in [-0.15, -0.1) is 0 Å². The zero-order chi connectivity index (χ0) is 14.0. The van der Waals surface area contributed by atoms with Gasteiger partial charge in [0.2, 0.25) is 0 Å². The van der Waals surface area contributed by atoms with Crippen molar-refractivity contribution in [1.82, 2.24) is 0 Å². The minimum Gasteiger partial charge on any atom is -0.378 e. The number of anilines is 2. The molecule has 3 nitrogen and oxygen atoms in total. The topological polar surface area (TPSA) is 27.6 Å². The second-order valence-electron chi connectivity index (χ2n) is 6.19. The summed E-state index contributed by atoms with van der Waals surface area (Å²) in [6, 6.07) is 8.48. The molecule has 3 rings (SSSR count). The Morgan fingerprint density at radius 1 is 1.25 bits per heavy atom. The molecule has 0 unspecified atom stereocenters. The SMILES string of the molecule is CN(C)c1cccc(NC2=NCC3(CCCC3)CS2)c1. The molecule has 1 aliphatic heterocycles. The molecule has 2 aliphatic rings. The van der Waals surface area contributed by atoms with Crippen molar-refractivity contribution in [2.24, 2.45) is 10.4 Å². The largest absolute Gasteiger partial charge is 0.378 e. The number of aliphatic imine (C=N–C) groups is 1. The summed E-state index contributed by atoms with van der Waals surface area (Å²) in [5.74, 6) is 1.23. The minimum absolute atomic E-state index is 0.515. The maximum Gasteiger partial charge on any atom is 0.161 e. The molecule has 108 valence electrons. The quantitative estimate of drug-likeness (QED) is 0.896. The molecule has 0 bridgehead atoms. The van der Waals surface area contributed by atoms with E-state index in [1.54, 1.807) is 0 Å². The van der Waals surface area contributed by atoms with Crippen molar-refractivity contribution in [2.75, 3.05) is 36.6 Å². The summed E-state index contributed by atoms with van der Waals surface area (Å²) in [5.41, 5.74) is 2.86. The molecule has 20 heavy (non-hydrogen) atoms. The molecule has 0 atom stereocenters. The first-order valence-corrected chi connectivity index (χ1v) is 8.37. The van der Waals surface area contributed by atoms with Crippen LogP contribution >= 0.6 is 11.8 Å². The van der Waals surface area contributed by atoms with Crippen LogP contribution in [0.1, 0.15) is 25.7 Å². The average molecular weight is 289 g/mol. The summed E-state index contributed by atoms with van der Waals surface area (Å²) in [5, 5.41) is 4.55. The lowest BCUT2D eigenvalue weighted by atomic mass is 9.89. The first kappa shape index (κ1) is 13.8. The normalized spacial score (nSPS) is 20.8. The van der Waals surface area contributed by atoms with Gasteiger partial charge in [0.15, 0.2) is 5.17 Å². The molecule has 1 aromatic carbocycles. The van der Waals surface area contributed by atoms with E-state index in [4.69, 9.17) is 4.99 Å². The molecule has 1 saturated carbocycles. The smallest absolute Gasteiger partial charge is 0.161 e. The molecule has 0 amide bonds. The van der Waals surface area contributed by atoms with Gasteiger partial charge in [-0.3, -0.25) is 4.99 Å². The van der Waals surface area contributed by atoms with E-state index in [-0.39, 0.29) is 0 Å². The molecular weight excluding hydrogens is 266 g/mol. The number of nitrogens with one attached hydrogen (secondary N) is 1. The number of thioether (sulfide) groups is 1. The van der Waals surface area contributed by atoms with Crippen molar-refractivity contribution in [3.05, 3.63) is 24.3 Å². The molecule has 0 saturated heterocycles. The Kier molecular flexibility index (Phi) is 3.92. The van der Waals surface area contributed by atoms with E-state index in [1.807, 2.05) is 11.8 Å². The predicted molar refractivity (Wildman–Crippen MR) is 90.1 cm³/mol. The lowest BCUT2D eigenvalue weighted by molar-refractivity contribution is 0.359. The van der Waals surface area contributed by atoms with Gasteiger partial charge in [0.05, 0.1) is 0 Å². The second-order valence-corrected chi connectivity index (χ2v) is 7.15. The summed E-state index contributed by atoms with van der Waals surface area (Å²) in [6.45, 7) is 1.01. The van der Waals surface area contributed by atoms with Gasteiger partial charge in [0.25, 0.3) is 0 Å². The summed E-state index contributed by atoms with van der Waals surface area (Å²) in [7, 11) is 4.13. The summed E-state index contributed by atoms with van der Waals surface area (Å²) < 4.78 is 0. The van der Waals surface area contributed by atoms with E-state index in [0.717, 1.165) is 17.4 Å². The van der Waals surface area contributed by atoms with E-state index in [1.165, 1.54) is 37.1 Å². The third kappa shape index (κ3) is 2.95. The number of benzene rings is 1. The highest BCUT2D eigenvalue weighted by Crippen LogP contribution is 2.43. The van der Waals surface area contributed by atoms with Crippen LogP contribution in [0.5, 0.6) is 0 Å². The van der Waals surface area contributed by atoms with Gasteiger partial charge < -0.3 is 10.2 Å². The second kappa shape index (κ2) is 5.68. The van der Waals surface area contributed by atoms with Crippen LogP contribution in [-0.2, 0) is 0 Å². The molecule has 1 N–H and O–H groups in total. The first-order valence-electron chi connectivity index (χ1n) is 7.39. The Labute approximate surface area is 125 Å². The predicted octanol–water partition coefficient (Wildman–Crippen LogP) is 3.83. The van der Waals surface area contributed by atoms with Gasteiger partial charge in [-0.2, -0.15) is 0 Å². The third-order valence-corrected chi connectivity index (χ3v) is 5.61. The average Bonchev–Trinajstić information content (AvgIpc) is 2.90. The van der Waals surface area contributed by atoms with Crippen LogP contribution in [0.25, 0.3) is 0 Å². The fourth-order valence-corrected chi connectivity index (χ4v) is 4.21. The zero-order valence-corrected chi connectivity index (χ0v) is 13.2. The number of amidine groups is 1. The van der Waals surface area contributed by atoms with Gasteiger partial charge >= 0.3 is 0 Å². The van der Waals surface area contributed by atoms with Crippen LogP contribution in [0.3, 0.4) is 0 Å². The Morgan fingerprint density at radius 2 is 2.05 bits per heavy atom. The molecule has 0 aromatic heterocycles. The number of hydrogen-bond donors (Lipinski definition) is 1. The van der Waals surface area contributed by atoms with Gasteiger partial charge in [-0.05, 0) is 36.5 Å². The molecule has 4 heteroatoms. The van der Waals surface area contributed by atoms with Crippen molar-refractivity contribution in [3.63, 3.8) is 0 Å². The minimum atomic E-state index is 0.515. The molecule has 1 aromatic rings. The molecule has 1 fully saturated rings. The molecule has 0 radical (unpaired) electrons. The standard InChI is InChI=1S/C16H23N3S/c1-19(2)14-7-5-6-13(10-14)18-15-17-11-16(12-20-15)8-3-4-9-16/h5-7,10H,3-4,8-9,11-12H2,1-2H3,(H,17,18). The van der Waals surface area contributed by atoms with Gasteiger partial charge in [-0.1, -0.05) is 30.7 Å². The van der Waals surface area contributed by atoms with Gasteiger partial charge in [0, 0.05) is 37.8 Å². The third-order valence-electron chi connectivity index (χ3n) is 4.35. The zero-order valence-electron chi connectivity index (χ0n) is 12.4. The highest BCUT2D eigenvalue weighted by Gasteiger charge is 2.36. The fraction of sp³-hybridized carbons (Fsp3) is 0.562. The van der Waals surface area contributed by atoms with Gasteiger partial charge in [-0.25, -0.2) is 0 Å². The van der Waals surface area contributed by atoms with Crippen molar-refractivity contribution in [1.29, 1.82) is 0 Å². The van der Waals surface area contributed by atoms with Crippen LogP contribution in [0.15, 0.2) is 29.3 Å². The summed E-state index contributed by atoms with van der Waals surface area (Å²) in [6.07, 6.45) is 5.52. The first-order chi connectivity index (χ1) is 9.67. The van der Waals surface area contributed by atoms with Crippen molar-refractivity contribution < 1.29 is 0 Å². The van der Waals surface area contributed by atoms with E-state index in [9.17, 15) is 0 Å². The van der Waals surface area contributed by atoms with E-state index in [2.05, 4.69) is 48.6 Å². The van der Waals surface area contributed by atoms with Crippen LogP contribution in [0.2, 0.25) is 0 Å². The Hall–Kier alpha value is -1.16. The summed E-state index contributed by atoms with van der Waals surface area (Å²) >= 11 is 1.89. The van der Waals surface area contributed by atoms with Gasteiger partial charge in [0.1, 0.15) is 0 Å². The van der Waals surface area contributed by atoms with Crippen molar-refractivity contribution in [3.8, 4) is 0 Å². The molecule has 1 heterocycles. The number of hydrogen-bond acceptors (Lipinski definition) is 4. The Morgan fingerprint density at radius 3 is 2.70 bits per heavy atom. The summed E-state index contributed by atoms with van der Waals surface area (Å²) in [4.78, 5) is 6.91. The maximum absolute atomic E-state index is 4.79. The van der Waals surface area contributed by atoms with Crippen LogP contribution in [0, 0.1) is 5.41 Å². The van der Waals surface area contributed by atoms with Crippen LogP contribution in [-0.4, -0.2) is 31.6 Å². The van der Waals surface area contributed by atoms with Crippen LogP contribution in [0.4, 0.5) is 11.4 Å². The highest BCUT2D eigenvalue weighted by molar-refractivity contribution is 8.14. The highest BCUT2D eigenvalue weighted by atomic mass is 32.2. The van der Waals surface area contributed by atoms with E-state index in [0.29, 0.717) is 5.41 Å². The lowest BCUT2D eigenvalue weighted by Gasteiger charge is -2.31. The molecule has 1 aliphatic carbocycles. The molecular formula is C16H23N3S. The number of rotatable bonds is 2. The van der Waals surface area contributed by atoms with Crippen molar-refractivity contribution >= 4 is 28.3 Å².